The Morgan fingerprint density at radius 1 is 0.467 bits per heavy atom. The SMILES string of the molecule is CN(C)c1ccc(C=CC2C=Cc3ccccc3N2C)cc1.CN(C)c1ccc(C=Cc2cccc[n+]2C)cc1.CN(C)c1ccc(C=Cc2cccc[n+]2C)cc1.[I-].[I-]. The van der Waals surface area contributed by atoms with E-state index in [2.05, 4.69) is 274 Å². The molecule has 1 atom stereocenters. The largest absolute Gasteiger partial charge is 1.00 e. The van der Waals surface area contributed by atoms with Crippen molar-refractivity contribution in [3.63, 3.8) is 0 Å². The fourth-order valence-corrected chi connectivity index (χ4v) is 6.28. The zero-order valence-electron chi connectivity index (χ0n) is 36.5. The highest BCUT2D eigenvalue weighted by atomic mass is 127. The average molecular weight is 1020 g/mol. The van der Waals surface area contributed by atoms with Gasteiger partial charge in [0.1, 0.15) is 14.1 Å². The summed E-state index contributed by atoms with van der Waals surface area (Å²) in [5.74, 6) is 0. The summed E-state index contributed by atoms with van der Waals surface area (Å²) in [5, 5.41) is 0. The molecule has 0 saturated carbocycles. The summed E-state index contributed by atoms with van der Waals surface area (Å²) >= 11 is 0. The molecule has 3 heterocycles. The van der Waals surface area contributed by atoms with E-state index in [1.165, 1.54) is 56.4 Å². The third kappa shape index (κ3) is 14.8. The Balaban J connectivity index is 0.000000238. The molecular weight excluding hydrogens is 962 g/mol. The number of pyridine rings is 2. The second kappa shape index (κ2) is 24.8. The Morgan fingerprint density at radius 3 is 1.25 bits per heavy atom. The van der Waals surface area contributed by atoms with E-state index in [1.54, 1.807) is 0 Å². The van der Waals surface area contributed by atoms with Crippen LogP contribution in [-0.4, -0.2) is 55.4 Å². The number of halogens is 2. The van der Waals surface area contributed by atoms with Crippen molar-refractivity contribution in [2.24, 2.45) is 14.1 Å². The number of hydrogen-bond donors (Lipinski definition) is 0. The third-order valence-corrected chi connectivity index (χ3v) is 10.0. The molecule has 0 fully saturated rings. The smallest absolute Gasteiger partial charge is 0.204 e. The van der Waals surface area contributed by atoms with Crippen molar-refractivity contribution < 1.29 is 57.1 Å². The Bertz CT molecular complexity index is 2210. The number of benzene rings is 4. The van der Waals surface area contributed by atoms with E-state index >= 15 is 0 Å². The van der Waals surface area contributed by atoms with Crippen LogP contribution in [0.4, 0.5) is 22.7 Å². The topological polar surface area (TPSA) is 20.7 Å². The molecule has 0 bridgehead atoms. The van der Waals surface area contributed by atoms with Crippen molar-refractivity contribution in [2.75, 3.05) is 68.9 Å². The van der Waals surface area contributed by atoms with Crippen molar-refractivity contribution in [2.45, 2.75) is 6.04 Å². The first kappa shape index (κ1) is 49.2. The zero-order valence-corrected chi connectivity index (χ0v) is 40.8. The summed E-state index contributed by atoms with van der Waals surface area (Å²) in [7, 11) is 18.6. The lowest BCUT2D eigenvalue weighted by atomic mass is 10.0. The minimum absolute atomic E-state index is 0. The molecule has 0 aliphatic carbocycles. The van der Waals surface area contributed by atoms with Crippen molar-refractivity contribution >= 4 is 59.2 Å². The first-order valence-corrected chi connectivity index (χ1v) is 19.7. The number of rotatable bonds is 9. The summed E-state index contributed by atoms with van der Waals surface area (Å²) in [6.45, 7) is 0. The molecule has 7 rings (SSSR count). The van der Waals surface area contributed by atoms with Crippen LogP contribution in [0.1, 0.15) is 33.6 Å². The molecule has 0 radical (unpaired) electrons. The van der Waals surface area contributed by atoms with E-state index in [1.807, 2.05) is 12.1 Å². The molecular formula is C52H60I2N6. The quantitative estimate of drug-likeness (QED) is 0.163. The molecule has 6 aromatic rings. The molecule has 1 aliphatic heterocycles. The normalized spacial score (nSPS) is 12.7. The van der Waals surface area contributed by atoms with Crippen molar-refractivity contribution in [3.8, 4) is 0 Å². The molecule has 312 valence electrons. The van der Waals surface area contributed by atoms with E-state index in [0.29, 0.717) is 6.04 Å². The van der Waals surface area contributed by atoms with Crippen LogP contribution < -0.4 is 76.7 Å². The maximum Gasteiger partial charge on any atom is 0.204 e. The van der Waals surface area contributed by atoms with Gasteiger partial charge in [-0.1, -0.05) is 78.9 Å². The summed E-state index contributed by atoms with van der Waals surface area (Å²) in [6, 6.07) is 46.8. The van der Waals surface area contributed by atoms with Gasteiger partial charge in [0, 0.05) is 109 Å². The van der Waals surface area contributed by atoms with E-state index in [4.69, 9.17) is 0 Å². The highest BCUT2D eigenvalue weighted by Gasteiger charge is 2.16. The van der Waals surface area contributed by atoms with Crippen molar-refractivity contribution in [3.05, 3.63) is 192 Å². The second-order valence-electron chi connectivity index (χ2n) is 15.0. The van der Waals surface area contributed by atoms with Gasteiger partial charge in [0.05, 0.1) is 6.04 Å². The van der Waals surface area contributed by atoms with Gasteiger partial charge in [-0.3, -0.25) is 0 Å². The molecule has 0 amide bonds. The Kier molecular flexibility index (Phi) is 20.3. The lowest BCUT2D eigenvalue weighted by Gasteiger charge is -2.30. The number of likely N-dealkylation sites (N-methyl/N-ethyl adjacent to an activating group) is 1. The average Bonchev–Trinajstić information content (AvgIpc) is 3.24. The monoisotopic (exact) mass is 1020 g/mol. The Hall–Kier alpha value is -5.20. The first-order chi connectivity index (χ1) is 28.0. The van der Waals surface area contributed by atoms with Crippen LogP contribution in [0.5, 0.6) is 0 Å². The maximum absolute atomic E-state index is 2.31. The summed E-state index contributed by atoms with van der Waals surface area (Å²) in [4.78, 5) is 8.62. The van der Waals surface area contributed by atoms with E-state index < -0.39 is 0 Å². The zero-order chi connectivity index (χ0) is 41.4. The molecule has 6 nitrogen and oxygen atoms in total. The summed E-state index contributed by atoms with van der Waals surface area (Å²) in [5.41, 5.74) is 12.3. The van der Waals surface area contributed by atoms with Gasteiger partial charge in [-0.2, -0.15) is 0 Å². The van der Waals surface area contributed by atoms with E-state index in [0.717, 1.165) is 0 Å². The van der Waals surface area contributed by atoms with Crippen molar-refractivity contribution in [1.82, 2.24) is 0 Å². The van der Waals surface area contributed by atoms with Gasteiger partial charge in [0.2, 0.25) is 11.4 Å². The number of hydrogen-bond acceptors (Lipinski definition) is 4. The Labute approximate surface area is 394 Å². The van der Waals surface area contributed by atoms with Crippen LogP contribution in [-0.2, 0) is 14.1 Å². The maximum atomic E-state index is 2.31. The molecule has 2 aromatic heterocycles. The third-order valence-electron chi connectivity index (χ3n) is 10.0. The minimum Gasteiger partial charge on any atom is -1.00 e. The fourth-order valence-electron chi connectivity index (χ4n) is 6.28. The molecule has 0 saturated heterocycles. The first-order valence-electron chi connectivity index (χ1n) is 19.7. The molecule has 8 heteroatoms. The van der Waals surface area contributed by atoms with Gasteiger partial charge in [0.15, 0.2) is 12.4 Å². The van der Waals surface area contributed by atoms with Gasteiger partial charge in [-0.25, -0.2) is 9.13 Å². The van der Waals surface area contributed by atoms with Gasteiger partial charge in [0.25, 0.3) is 0 Å². The molecule has 1 aliphatic rings. The predicted molar refractivity (Wildman–Crippen MR) is 252 cm³/mol. The number of aromatic nitrogens is 2. The number of para-hydroxylation sites is 1. The van der Waals surface area contributed by atoms with Crippen LogP contribution in [0.2, 0.25) is 0 Å². The standard InChI is InChI=1S/C20H22N2.2C16H19N2.2HI/c1-21(2)18-12-8-16(9-13-18)10-14-19-15-11-17-6-4-5-7-20(17)22(19)3;2*1-17(2)15-10-7-14(8-11-15)9-12-16-6-4-5-13-18(16)3;;/h4-15,19H,1-3H3;2*4-13H,1-3H3;2*1H/q;2*+1;;/p-2. The highest BCUT2D eigenvalue weighted by Crippen LogP contribution is 2.28. The molecule has 1 unspecified atom stereocenters. The van der Waals surface area contributed by atoms with Crippen LogP contribution in [0.15, 0.2) is 158 Å². The van der Waals surface area contributed by atoms with Crippen molar-refractivity contribution in [1.29, 1.82) is 0 Å². The van der Waals surface area contributed by atoms with Gasteiger partial charge >= 0.3 is 0 Å². The van der Waals surface area contributed by atoms with Crippen LogP contribution in [0.3, 0.4) is 0 Å². The Morgan fingerprint density at radius 2 is 0.850 bits per heavy atom. The molecule has 4 aromatic carbocycles. The van der Waals surface area contributed by atoms with Gasteiger partial charge in [-0.05, 0) is 89.0 Å². The number of anilines is 4. The van der Waals surface area contributed by atoms with E-state index in [-0.39, 0.29) is 48.0 Å². The minimum atomic E-state index is 0. The van der Waals surface area contributed by atoms with Crippen LogP contribution in [0, 0.1) is 0 Å². The molecule has 0 spiro atoms. The number of fused-ring (bicyclic) bond motifs is 1. The number of aryl methyl sites for hydroxylation is 2. The van der Waals surface area contributed by atoms with Crippen LogP contribution >= 0.6 is 0 Å². The van der Waals surface area contributed by atoms with Gasteiger partial charge in [-0.15, -0.1) is 0 Å². The van der Waals surface area contributed by atoms with Gasteiger partial charge < -0.3 is 67.6 Å². The highest BCUT2D eigenvalue weighted by molar-refractivity contribution is 5.73. The molecule has 0 N–H and O–H groups in total. The second-order valence-corrected chi connectivity index (χ2v) is 15.0. The lowest BCUT2D eigenvalue weighted by molar-refractivity contribution is -0.673. The predicted octanol–water partition coefficient (Wildman–Crippen LogP) is 3.80. The van der Waals surface area contributed by atoms with E-state index in [9.17, 15) is 0 Å². The number of nitrogens with zero attached hydrogens (tertiary/aromatic N) is 6. The fraction of sp³-hybridized carbons (Fsp3) is 0.192. The molecule has 60 heavy (non-hydrogen) atoms. The summed E-state index contributed by atoms with van der Waals surface area (Å²) < 4.78 is 4.20. The van der Waals surface area contributed by atoms with Crippen LogP contribution in [0.25, 0.3) is 36.5 Å². The summed E-state index contributed by atoms with van der Waals surface area (Å²) in [6.07, 6.45) is 21.5. The lowest BCUT2D eigenvalue weighted by Crippen LogP contribution is -3.00.